The Hall–Kier alpha value is -2.89. The Morgan fingerprint density at radius 2 is 1.68 bits per heavy atom. The van der Waals surface area contributed by atoms with Crippen molar-refractivity contribution in [1.82, 2.24) is 10.3 Å². The second-order valence-corrected chi connectivity index (χ2v) is 8.18. The Bertz CT molecular complexity index is 902. The number of Topliss-reactive ketones (excluding diaryl/α,β-unsaturated/α-hetero) is 1. The molecule has 0 aliphatic carbocycles. The fourth-order valence-electron chi connectivity index (χ4n) is 3.38. The van der Waals surface area contributed by atoms with Gasteiger partial charge in [-0.05, 0) is 42.9 Å². The predicted molar refractivity (Wildman–Crippen MR) is 108 cm³/mol. The van der Waals surface area contributed by atoms with Crippen LogP contribution in [0, 0.1) is 13.8 Å². The first-order chi connectivity index (χ1) is 12.9. The molecule has 28 heavy (non-hydrogen) atoms. The minimum absolute atomic E-state index is 0.0218. The molecule has 1 heterocycles. The van der Waals surface area contributed by atoms with Crippen LogP contribution in [0.15, 0.2) is 24.3 Å². The van der Waals surface area contributed by atoms with Crippen molar-refractivity contribution in [2.75, 3.05) is 0 Å². The summed E-state index contributed by atoms with van der Waals surface area (Å²) < 4.78 is 0. The Kier molecular flexibility index (Phi) is 6.12. The molecule has 0 aliphatic rings. The van der Waals surface area contributed by atoms with Gasteiger partial charge in [-0.2, -0.15) is 0 Å². The summed E-state index contributed by atoms with van der Waals surface area (Å²) in [6.45, 7) is 11.2. The van der Waals surface area contributed by atoms with Gasteiger partial charge in [0.2, 0.25) is 0 Å². The molecule has 0 spiro atoms. The van der Waals surface area contributed by atoms with E-state index >= 15 is 0 Å². The first-order valence-corrected chi connectivity index (χ1v) is 9.25. The van der Waals surface area contributed by atoms with Crippen LogP contribution in [0.4, 0.5) is 0 Å². The molecule has 1 amide bonds. The van der Waals surface area contributed by atoms with Crippen LogP contribution >= 0.6 is 0 Å². The lowest BCUT2D eigenvalue weighted by Crippen LogP contribution is -2.31. The molecule has 1 unspecified atom stereocenters. The van der Waals surface area contributed by atoms with Gasteiger partial charge in [0.1, 0.15) is 5.69 Å². The smallest absolute Gasteiger partial charge is 0.305 e. The number of carboxylic acids is 1. The van der Waals surface area contributed by atoms with Gasteiger partial charge in [-0.15, -0.1) is 0 Å². The number of amides is 1. The van der Waals surface area contributed by atoms with Crippen molar-refractivity contribution < 1.29 is 19.5 Å². The molecule has 1 aromatic heterocycles. The lowest BCUT2D eigenvalue weighted by Gasteiger charge is -2.22. The van der Waals surface area contributed by atoms with E-state index in [1.165, 1.54) is 6.92 Å². The van der Waals surface area contributed by atoms with Gasteiger partial charge in [-0.3, -0.25) is 14.4 Å². The third-order valence-electron chi connectivity index (χ3n) is 4.88. The van der Waals surface area contributed by atoms with Gasteiger partial charge in [-0.25, -0.2) is 0 Å². The molecule has 0 aliphatic heterocycles. The summed E-state index contributed by atoms with van der Waals surface area (Å²) in [7, 11) is 0. The number of ketones is 1. The fraction of sp³-hybridized carbons (Fsp3) is 0.409. The van der Waals surface area contributed by atoms with Crippen LogP contribution in [0.5, 0.6) is 0 Å². The van der Waals surface area contributed by atoms with Crippen molar-refractivity contribution in [3.63, 3.8) is 0 Å². The summed E-state index contributed by atoms with van der Waals surface area (Å²) in [5.41, 5.74) is 3.79. The SMILES string of the molecule is CC(=O)c1c(C)[nH]c(C(=O)NC(CC(=O)O)c2ccc(C(C)(C)C)cc2)c1C. The molecule has 0 saturated carbocycles. The first-order valence-electron chi connectivity index (χ1n) is 9.25. The Labute approximate surface area is 165 Å². The maximum atomic E-state index is 12.8. The maximum Gasteiger partial charge on any atom is 0.305 e. The topological polar surface area (TPSA) is 99.3 Å². The van der Waals surface area contributed by atoms with Crippen LogP contribution < -0.4 is 5.32 Å². The average molecular weight is 384 g/mol. The van der Waals surface area contributed by atoms with Gasteiger partial charge in [0, 0.05) is 11.3 Å². The van der Waals surface area contributed by atoms with E-state index in [9.17, 15) is 19.5 Å². The Morgan fingerprint density at radius 3 is 2.11 bits per heavy atom. The van der Waals surface area contributed by atoms with E-state index in [0.717, 1.165) is 11.1 Å². The maximum absolute atomic E-state index is 12.8. The van der Waals surface area contributed by atoms with E-state index in [1.54, 1.807) is 13.8 Å². The van der Waals surface area contributed by atoms with Gasteiger partial charge in [0.15, 0.2) is 5.78 Å². The van der Waals surface area contributed by atoms with Gasteiger partial charge in [0.25, 0.3) is 5.91 Å². The number of benzene rings is 1. The molecule has 6 nitrogen and oxygen atoms in total. The molecule has 1 atom stereocenters. The number of aromatic nitrogens is 1. The number of aliphatic carboxylic acids is 1. The Balaban J connectivity index is 2.32. The highest BCUT2D eigenvalue weighted by molar-refractivity contribution is 6.02. The van der Waals surface area contributed by atoms with Crippen molar-refractivity contribution in [2.45, 2.75) is 59.4 Å². The van der Waals surface area contributed by atoms with Gasteiger partial charge < -0.3 is 15.4 Å². The highest BCUT2D eigenvalue weighted by Gasteiger charge is 2.24. The van der Waals surface area contributed by atoms with Crippen molar-refractivity contribution >= 4 is 17.7 Å². The summed E-state index contributed by atoms with van der Waals surface area (Å²) in [6.07, 6.45) is -0.237. The van der Waals surface area contributed by atoms with Crippen LogP contribution in [-0.4, -0.2) is 27.8 Å². The normalized spacial score (nSPS) is 12.5. The summed E-state index contributed by atoms with van der Waals surface area (Å²) >= 11 is 0. The monoisotopic (exact) mass is 384 g/mol. The average Bonchev–Trinajstić information content (AvgIpc) is 2.87. The zero-order chi connectivity index (χ0) is 21.2. The largest absolute Gasteiger partial charge is 0.481 e. The van der Waals surface area contributed by atoms with E-state index in [4.69, 9.17) is 0 Å². The highest BCUT2D eigenvalue weighted by Crippen LogP contribution is 2.26. The van der Waals surface area contributed by atoms with E-state index in [-0.39, 0.29) is 23.3 Å². The summed E-state index contributed by atoms with van der Waals surface area (Å²) in [5.74, 6) is -1.56. The van der Waals surface area contributed by atoms with Crippen molar-refractivity contribution in [3.8, 4) is 0 Å². The number of rotatable bonds is 6. The molecule has 6 heteroatoms. The number of carbonyl (C=O) groups is 3. The molecule has 3 N–H and O–H groups in total. The number of carboxylic acid groups (broad SMARTS) is 1. The lowest BCUT2D eigenvalue weighted by molar-refractivity contribution is -0.137. The lowest BCUT2D eigenvalue weighted by atomic mass is 9.86. The standard InChI is InChI=1S/C22H28N2O4/c1-12-19(14(3)25)13(2)23-20(12)21(28)24-17(11-18(26)27)15-7-9-16(10-8-15)22(4,5)6/h7-10,17,23H,11H2,1-6H3,(H,24,28)(H,26,27). The minimum Gasteiger partial charge on any atom is -0.481 e. The summed E-state index contributed by atoms with van der Waals surface area (Å²) in [4.78, 5) is 38.9. The number of aryl methyl sites for hydroxylation is 1. The number of nitrogens with one attached hydrogen (secondary N) is 2. The van der Waals surface area contributed by atoms with Gasteiger partial charge >= 0.3 is 5.97 Å². The summed E-state index contributed by atoms with van der Waals surface area (Å²) in [6, 6.07) is 6.93. The van der Waals surface area contributed by atoms with E-state index in [1.807, 2.05) is 24.3 Å². The van der Waals surface area contributed by atoms with Crippen molar-refractivity contribution in [1.29, 1.82) is 0 Å². The number of H-pyrrole nitrogens is 1. The molecular weight excluding hydrogens is 356 g/mol. The van der Waals surface area contributed by atoms with Crippen molar-refractivity contribution in [2.24, 2.45) is 0 Å². The number of hydrogen-bond donors (Lipinski definition) is 3. The third kappa shape index (κ3) is 4.68. The Morgan fingerprint density at radius 1 is 1.11 bits per heavy atom. The first kappa shape index (κ1) is 21.4. The van der Waals surface area contributed by atoms with Crippen molar-refractivity contribution in [3.05, 3.63) is 57.9 Å². The second kappa shape index (κ2) is 8.00. The fourth-order valence-corrected chi connectivity index (χ4v) is 3.38. The minimum atomic E-state index is -1.01. The molecule has 0 fully saturated rings. The van der Waals surface area contributed by atoms with E-state index in [0.29, 0.717) is 16.8 Å². The van der Waals surface area contributed by atoms with Crippen LogP contribution in [0.1, 0.15) is 83.4 Å². The predicted octanol–water partition coefficient (Wildman–Crippen LogP) is 4.08. The third-order valence-corrected chi connectivity index (χ3v) is 4.88. The molecule has 150 valence electrons. The summed E-state index contributed by atoms with van der Waals surface area (Å²) in [5, 5.41) is 12.1. The van der Waals surface area contributed by atoms with Crippen LogP contribution in [-0.2, 0) is 10.2 Å². The van der Waals surface area contributed by atoms with Gasteiger partial charge in [-0.1, -0.05) is 45.0 Å². The number of aromatic amines is 1. The zero-order valence-corrected chi connectivity index (χ0v) is 17.3. The number of hydrogen-bond acceptors (Lipinski definition) is 3. The van der Waals surface area contributed by atoms with Crippen LogP contribution in [0.25, 0.3) is 0 Å². The number of carbonyl (C=O) groups excluding carboxylic acids is 2. The second-order valence-electron chi connectivity index (χ2n) is 8.18. The molecule has 2 rings (SSSR count). The molecule has 0 bridgehead atoms. The van der Waals surface area contributed by atoms with E-state index < -0.39 is 17.9 Å². The van der Waals surface area contributed by atoms with Crippen LogP contribution in [0.2, 0.25) is 0 Å². The molecular formula is C22H28N2O4. The molecule has 2 aromatic rings. The van der Waals surface area contributed by atoms with E-state index in [2.05, 4.69) is 31.1 Å². The molecule has 0 saturated heterocycles. The molecule has 1 aromatic carbocycles. The highest BCUT2D eigenvalue weighted by atomic mass is 16.4. The van der Waals surface area contributed by atoms with Gasteiger partial charge in [0.05, 0.1) is 12.5 Å². The quantitative estimate of drug-likeness (QED) is 0.654. The molecule has 0 radical (unpaired) electrons. The van der Waals surface area contributed by atoms with Crippen LogP contribution in [0.3, 0.4) is 0 Å². The zero-order valence-electron chi connectivity index (χ0n) is 17.3.